The van der Waals surface area contributed by atoms with Gasteiger partial charge in [0, 0.05) is 31.3 Å². The first-order valence-electron chi connectivity index (χ1n) is 8.32. The van der Waals surface area contributed by atoms with Crippen molar-refractivity contribution >= 4 is 23.8 Å². The predicted molar refractivity (Wildman–Crippen MR) is 96.9 cm³/mol. The summed E-state index contributed by atoms with van der Waals surface area (Å²) in [6, 6.07) is 7.41. The lowest BCUT2D eigenvalue weighted by Crippen LogP contribution is -2.24. The molecule has 0 atom stereocenters. The molecule has 3 rings (SSSR count). The van der Waals surface area contributed by atoms with Crippen molar-refractivity contribution in [2.75, 3.05) is 29.9 Å². The van der Waals surface area contributed by atoms with E-state index in [1.807, 2.05) is 0 Å². The summed E-state index contributed by atoms with van der Waals surface area (Å²) >= 11 is 0. The highest BCUT2D eigenvalue weighted by atomic mass is 19.3. The highest BCUT2D eigenvalue weighted by molar-refractivity contribution is 5.79. The number of aliphatic imine (C=N–C) groups is 1. The smallest absolute Gasteiger partial charge is 0.266 e. The number of hydrogen-bond acceptors (Lipinski definition) is 3. The molecule has 138 valence electrons. The fourth-order valence-corrected chi connectivity index (χ4v) is 3.15. The largest absolute Gasteiger partial charge is 0.383 e. The van der Waals surface area contributed by atoms with Gasteiger partial charge in [-0.05, 0) is 31.3 Å². The third kappa shape index (κ3) is 3.38. The van der Waals surface area contributed by atoms with Crippen LogP contribution < -0.4 is 10.2 Å². The molecule has 2 aromatic carbocycles. The van der Waals surface area contributed by atoms with E-state index in [4.69, 9.17) is 0 Å². The zero-order chi connectivity index (χ0) is 18.9. The molecule has 26 heavy (non-hydrogen) atoms. The van der Waals surface area contributed by atoms with Gasteiger partial charge < -0.3 is 10.2 Å². The molecule has 0 bridgehead atoms. The van der Waals surface area contributed by atoms with E-state index in [9.17, 15) is 17.6 Å². The Morgan fingerprint density at radius 2 is 1.92 bits per heavy atom. The van der Waals surface area contributed by atoms with Gasteiger partial charge in [0.25, 0.3) is 5.92 Å². The van der Waals surface area contributed by atoms with Crippen LogP contribution in [0.4, 0.5) is 34.6 Å². The number of halogens is 4. The summed E-state index contributed by atoms with van der Waals surface area (Å²) in [6.07, 6.45) is -0.196. The zero-order valence-corrected chi connectivity index (χ0v) is 14.3. The number of alkyl halides is 2. The average molecular weight is 365 g/mol. The average Bonchev–Trinajstić information content (AvgIpc) is 2.96. The quantitative estimate of drug-likeness (QED) is 0.580. The van der Waals surface area contributed by atoms with Crippen molar-refractivity contribution in [1.82, 2.24) is 0 Å². The maximum absolute atomic E-state index is 14.8. The van der Waals surface area contributed by atoms with E-state index in [-0.39, 0.29) is 36.4 Å². The molecule has 1 aliphatic rings. The molecule has 0 radical (unpaired) electrons. The maximum atomic E-state index is 14.8. The summed E-state index contributed by atoms with van der Waals surface area (Å²) < 4.78 is 56.0. The molecule has 3 nitrogen and oxygen atoms in total. The number of anilines is 2. The lowest BCUT2D eigenvalue weighted by molar-refractivity contribution is 0.0257. The highest BCUT2D eigenvalue weighted by Gasteiger charge is 2.38. The first-order valence-corrected chi connectivity index (χ1v) is 8.32. The van der Waals surface area contributed by atoms with Crippen LogP contribution >= 0.6 is 0 Å². The van der Waals surface area contributed by atoms with E-state index in [2.05, 4.69) is 17.0 Å². The van der Waals surface area contributed by atoms with Gasteiger partial charge in [-0.2, -0.15) is 0 Å². The Kier molecular flexibility index (Phi) is 4.89. The predicted octanol–water partition coefficient (Wildman–Crippen LogP) is 5.24. The van der Waals surface area contributed by atoms with Crippen LogP contribution in [0, 0.1) is 11.6 Å². The molecule has 0 aliphatic carbocycles. The monoisotopic (exact) mass is 365 g/mol. The third-order valence-corrected chi connectivity index (χ3v) is 4.41. The van der Waals surface area contributed by atoms with Gasteiger partial charge in [0.15, 0.2) is 5.82 Å². The number of benzene rings is 2. The van der Waals surface area contributed by atoms with Gasteiger partial charge in [0.1, 0.15) is 11.5 Å². The molecule has 0 aromatic heterocycles. The number of rotatable bonds is 5. The van der Waals surface area contributed by atoms with Gasteiger partial charge in [-0.3, -0.25) is 4.99 Å². The molecular weight excluding hydrogens is 346 g/mol. The van der Waals surface area contributed by atoms with E-state index < -0.39 is 17.6 Å². The first kappa shape index (κ1) is 18.2. The van der Waals surface area contributed by atoms with Gasteiger partial charge in [0.05, 0.1) is 17.8 Å². The van der Waals surface area contributed by atoms with Crippen LogP contribution in [0.5, 0.6) is 0 Å². The van der Waals surface area contributed by atoms with Crippen molar-refractivity contribution in [1.29, 1.82) is 0 Å². The van der Waals surface area contributed by atoms with Crippen LogP contribution in [0.25, 0.3) is 11.1 Å². The van der Waals surface area contributed by atoms with Gasteiger partial charge >= 0.3 is 0 Å². The molecule has 0 unspecified atom stereocenters. The van der Waals surface area contributed by atoms with E-state index in [0.717, 1.165) is 0 Å². The summed E-state index contributed by atoms with van der Waals surface area (Å²) in [5.41, 5.74) is 0.872. The van der Waals surface area contributed by atoms with Crippen LogP contribution in [-0.2, 0) is 0 Å². The highest BCUT2D eigenvalue weighted by Crippen LogP contribution is 2.38. The van der Waals surface area contributed by atoms with Crippen LogP contribution in [0.3, 0.4) is 0 Å². The fraction of sp³-hybridized carbons (Fsp3) is 0.316. The zero-order valence-electron chi connectivity index (χ0n) is 14.3. The molecule has 1 heterocycles. The van der Waals surface area contributed by atoms with E-state index in [1.54, 1.807) is 24.0 Å². The minimum atomic E-state index is -2.70. The summed E-state index contributed by atoms with van der Waals surface area (Å²) in [4.78, 5) is 5.22. The lowest BCUT2D eigenvalue weighted by Gasteiger charge is -2.19. The maximum Gasteiger partial charge on any atom is 0.266 e. The van der Waals surface area contributed by atoms with Crippen molar-refractivity contribution in [3.8, 4) is 11.1 Å². The molecule has 0 saturated carbocycles. The van der Waals surface area contributed by atoms with Gasteiger partial charge in [-0.15, -0.1) is 0 Å². The summed E-state index contributed by atoms with van der Waals surface area (Å²) in [5.74, 6) is -4.24. The Hall–Kier alpha value is -2.57. The van der Waals surface area contributed by atoms with Crippen molar-refractivity contribution in [3.63, 3.8) is 0 Å². The van der Waals surface area contributed by atoms with Gasteiger partial charge in [-0.1, -0.05) is 12.1 Å². The number of nitrogens with zero attached hydrogens (tertiary/aromatic N) is 2. The SMILES string of the molecule is C=Nc1c(NCC)cc(F)c(-c2ccc(N3CCC(F)(F)C3)cc2)c1F. The van der Waals surface area contributed by atoms with Gasteiger partial charge in [0.2, 0.25) is 0 Å². The van der Waals surface area contributed by atoms with E-state index in [0.29, 0.717) is 17.8 Å². The second kappa shape index (κ2) is 6.97. The van der Waals surface area contributed by atoms with Crippen LogP contribution in [0.2, 0.25) is 0 Å². The van der Waals surface area contributed by atoms with E-state index >= 15 is 0 Å². The standard InChI is InChI=1S/C19H19F4N3/c1-3-25-15-10-14(20)16(17(21)18(15)24-2)12-4-6-13(7-5-12)26-9-8-19(22,23)11-26/h4-7,10,25H,2-3,8-9,11H2,1H3. The first-order chi connectivity index (χ1) is 12.4. The van der Waals surface area contributed by atoms with Gasteiger partial charge in [-0.25, -0.2) is 17.6 Å². The van der Waals surface area contributed by atoms with Crippen molar-refractivity contribution in [2.24, 2.45) is 4.99 Å². The summed E-state index contributed by atoms with van der Waals surface area (Å²) in [5, 5.41) is 2.85. The molecular formula is C19H19F4N3. The molecule has 1 N–H and O–H groups in total. The normalized spacial score (nSPS) is 16.0. The molecule has 0 amide bonds. The van der Waals surface area contributed by atoms with Crippen LogP contribution in [0.15, 0.2) is 35.3 Å². The third-order valence-electron chi connectivity index (χ3n) is 4.41. The molecule has 1 aliphatic heterocycles. The molecule has 7 heteroatoms. The minimum absolute atomic E-state index is 0.0495. The Morgan fingerprint density at radius 3 is 2.46 bits per heavy atom. The number of hydrogen-bond donors (Lipinski definition) is 1. The molecule has 1 saturated heterocycles. The van der Waals surface area contributed by atoms with E-state index in [1.165, 1.54) is 18.2 Å². The minimum Gasteiger partial charge on any atom is -0.383 e. The second-order valence-electron chi connectivity index (χ2n) is 6.21. The molecule has 0 spiro atoms. The van der Waals surface area contributed by atoms with Crippen molar-refractivity contribution < 1.29 is 17.6 Å². The Morgan fingerprint density at radius 1 is 1.23 bits per heavy atom. The summed E-state index contributed by atoms with van der Waals surface area (Å²) in [7, 11) is 0. The Balaban J connectivity index is 1.96. The molecule has 1 fully saturated rings. The number of nitrogens with one attached hydrogen (secondary N) is 1. The molecule has 2 aromatic rings. The van der Waals surface area contributed by atoms with Crippen molar-refractivity contribution in [2.45, 2.75) is 19.3 Å². The topological polar surface area (TPSA) is 27.6 Å². The van der Waals surface area contributed by atoms with Crippen LogP contribution in [0.1, 0.15) is 13.3 Å². The summed E-state index contributed by atoms with van der Waals surface area (Å²) in [6.45, 7) is 5.53. The fourth-order valence-electron chi connectivity index (χ4n) is 3.15. The second-order valence-corrected chi connectivity index (χ2v) is 6.21. The Labute approximate surface area is 149 Å². The lowest BCUT2D eigenvalue weighted by atomic mass is 10.0. The Bertz CT molecular complexity index is 819. The van der Waals surface area contributed by atoms with Crippen LogP contribution in [-0.4, -0.2) is 32.3 Å². The van der Waals surface area contributed by atoms with Crippen molar-refractivity contribution in [3.05, 3.63) is 42.0 Å².